The Morgan fingerprint density at radius 2 is 1.05 bits per heavy atom. The summed E-state index contributed by atoms with van der Waals surface area (Å²) in [5, 5.41) is 7.57. The summed E-state index contributed by atoms with van der Waals surface area (Å²) in [5.41, 5.74) is 9.57. The summed E-state index contributed by atoms with van der Waals surface area (Å²) in [6, 6.07) is 48.1. The Labute approximate surface area is 224 Å². The predicted octanol–water partition coefficient (Wildman–Crippen LogP) is 9.52. The first kappa shape index (κ1) is 20.7. The van der Waals surface area contributed by atoms with E-state index in [2.05, 4.69) is 148 Å². The second-order valence-electron chi connectivity index (χ2n) is 10.3. The van der Waals surface area contributed by atoms with Gasteiger partial charge >= 0.3 is 0 Å². The number of benzene rings is 6. The molecular formula is C36H23N3. The van der Waals surface area contributed by atoms with E-state index < -0.39 is 0 Å². The molecule has 0 radical (unpaired) electrons. The lowest BCUT2D eigenvalue weighted by Crippen LogP contribution is -1.96. The highest BCUT2D eigenvalue weighted by atomic mass is 15.0. The summed E-state index contributed by atoms with van der Waals surface area (Å²) in [5.74, 6) is 0. The van der Waals surface area contributed by atoms with Crippen LogP contribution in [0.5, 0.6) is 0 Å². The average molecular weight is 498 g/mol. The Balaban J connectivity index is 1.55. The lowest BCUT2D eigenvalue weighted by atomic mass is 10.1. The molecule has 1 N–H and O–H groups in total. The van der Waals surface area contributed by atoms with E-state index in [1.807, 2.05) is 0 Å². The third-order valence-electron chi connectivity index (χ3n) is 8.23. The molecule has 3 nitrogen and oxygen atoms in total. The van der Waals surface area contributed by atoms with Gasteiger partial charge in [-0.1, -0.05) is 84.9 Å². The molecule has 0 aliphatic heterocycles. The first-order valence-electron chi connectivity index (χ1n) is 13.4. The fourth-order valence-corrected chi connectivity index (χ4v) is 6.68. The Bertz CT molecular complexity index is 2380. The van der Waals surface area contributed by atoms with E-state index >= 15 is 0 Å². The van der Waals surface area contributed by atoms with Gasteiger partial charge in [-0.2, -0.15) is 0 Å². The molecule has 0 amide bonds. The van der Waals surface area contributed by atoms with Gasteiger partial charge in [-0.3, -0.25) is 0 Å². The van der Waals surface area contributed by atoms with Crippen LogP contribution in [0.3, 0.4) is 0 Å². The van der Waals surface area contributed by atoms with Gasteiger partial charge in [-0.15, -0.1) is 0 Å². The van der Waals surface area contributed by atoms with Crippen molar-refractivity contribution in [2.45, 2.75) is 0 Å². The highest BCUT2D eigenvalue weighted by Gasteiger charge is 2.22. The molecule has 3 heteroatoms. The van der Waals surface area contributed by atoms with Gasteiger partial charge in [0.2, 0.25) is 0 Å². The molecule has 3 heterocycles. The standard InChI is InChI=1S/C36H23N3/c1-2-11-23(12-3-1)38-31-19-9-6-15-27(31)35-33(38)22-21-25-24-13-5-8-18-30(24)39(36(25)35)32-20-10-17-29-34(32)26-14-4-7-16-28(26)37-29/h1-22,37H. The van der Waals surface area contributed by atoms with Crippen molar-refractivity contribution in [2.75, 3.05) is 0 Å². The molecule has 0 saturated heterocycles. The van der Waals surface area contributed by atoms with Crippen LogP contribution in [-0.2, 0) is 0 Å². The maximum absolute atomic E-state index is 3.65. The van der Waals surface area contributed by atoms with E-state index in [0.29, 0.717) is 0 Å². The second kappa shape index (κ2) is 7.62. The van der Waals surface area contributed by atoms with Crippen molar-refractivity contribution >= 4 is 65.4 Å². The minimum Gasteiger partial charge on any atom is -0.354 e. The van der Waals surface area contributed by atoms with Gasteiger partial charge in [0, 0.05) is 49.0 Å². The number of hydrogen-bond acceptors (Lipinski definition) is 0. The Morgan fingerprint density at radius 3 is 1.90 bits per heavy atom. The molecule has 0 bridgehead atoms. The Hall–Kier alpha value is -5.28. The number of nitrogens with one attached hydrogen (secondary N) is 1. The van der Waals surface area contributed by atoms with E-state index in [4.69, 9.17) is 0 Å². The molecule has 0 atom stereocenters. The van der Waals surface area contributed by atoms with Crippen LogP contribution in [0.2, 0.25) is 0 Å². The number of hydrogen-bond donors (Lipinski definition) is 1. The fraction of sp³-hybridized carbons (Fsp3) is 0. The molecule has 0 fully saturated rings. The minimum atomic E-state index is 1.15. The molecular weight excluding hydrogens is 474 g/mol. The zero-order valence-electron chi connectivity index (χ0n) is 21.1. The molecule has 0 aliphatic rings. The maximum atomic E-state index is 3.65. The van der Waals surface area contributed by atoms with Crippen molar-refractivity contribution in [3.05, 3.63) is 133 Å². The lowest BCUT2D eigenvalue weighted by Gasteiger charge is -2.12. The van der Waals surface area contributed by atoms with Gasteiger partial charge in [-0.25, -0.2) is 0 Å². The summed E-state index contributed by atoms with van der Waals surface area (Å²) in [4.78, 5) is 3.65. The number of fused-ring (bicyclic) bond motifs is 10. The molecule has 9 rings (SSSR count). The van der Waals surface area contributed by atoms with Crippen molar-refractivity contribution in [2.24, 2.45) is 0 Å². The van der Waals surface area contributed by atoms with Crippen LogP contribution >= 0.6 is 0 Å². The van der Waals surface area contributed by atoms with Crippen LogP contribution in [0.1, 0.15) is 0 Å². The topological polar surface area (TPSA) is 25.6 Å². The smallest absolute Gasteiger partial charge is 0.0641 e. The largest absolute Gasteiger partial charge is 0.354 e. The third-order valence-corrected chi connectivity index (χ3v) is 8.23. The van der Waals surface area contributed by atoms with Gasteiger partial charge in [0.1, 0.15) is 0 Å². The van der Waals surface area contributed by atoms with Crippen molar-refractivity contribution in [3.8, 4) is 11.4 Å². The third kappa shape index (κ3) is 2.71. The number of H-pyrrole nitrogens is 1. The first-order chi connectivity index (χ1) is 19.4. The molecule has 6 aromatic carbocycles. The number of nitrogens with zero attached hydrogens (tertiary/aromatic N) is 2. The summed E-state index contributed by atoms with van der Waals surface area (Å²) in [7, 11) is 0. The van der Waals surface area contributed by atoms with Crippen molar-refractivity contribution < 1.29 is 0 Å². The SMILES string of the molecule is c1ccc(-n2c3ccccc3c3c2ccc2c4ccccc4n(-c4cccc5[nH]c6ccccc6c45)c23)cc1. The number of rotatable bonds is 2. The van der Waals surface area contributed by atoms with Crippen LogP contribution < -0.4 is 0 Å². The van der Waals surface area contributed by atoms with E-state index in [-0.39, 0.29) is 0 Å². The van der Waals surface area contributed by atoms with Gasteiger partial charge < -0.3 is 14.1 Å². The van der Waals surface area contributed by atoms with E-state index in [1.54, 1.807) is 0 Å². The van der Waals surface area contributed by atoms with Crippen LogP contribution in [0.15, 0.2) is 133 Å². The summed E-state index contributed by atoms with van der Waals surface area (Å²) in [6.45, 7) is 0. The quantitative estimate of drug-likeness (QED) is 0.246. The average Bonchev–Trinajstić information content (AvgIpc) is 3.65. The summed E-state index contributed by atoms with van der Waals surface area (Å²) in [6.07, 6.45) is 0. The number of aromatic nitrogens is 3. The second-order valence-corrected chi connectivity index (χ2v) is 10.3. The first-order valence-corrected chi connectivity index (χ1v) is 13.4. The van der Waals surface area contributed by atoms with Crippen LogP contribution in [0, 0.1) is 0 Å². The Morgan fingerprint density at radius 1 is 0.385 bits per heavy atom. The molecule has 3 aromatic heterocycles. The van der Waals surface area contributed by atoms with Gasteiger partial charge in [-0.05, 0) is 48.5 Å². The molecule has 0 aliphatic carbocycles. The highest BCUT2D eigenvalue weighted by Crippen LogP contribution is 2.43. The maximum Gasteiger partial charge on any atom is 0.0641 e. The number of aromatic amines is 1. The summed E-state index contributed by atoms with van der Waals surface area (Å²) < 4.78 is 4.90. The zero-order chi connectivity index (χ0) is 25.5. The monoisotopic (exact) mass is 497 g/mol. The van der Waals surface area contributed by atoms with E-state index in [1.165, 1.54) is 65.8 Å². The normalized spacial score (nSPS) is 12.1. The minimum absolute atomic E-state index is 1.15. The van der Waals surface area contributed by atoms with Gasteiger partial charge in [0.15, 0.2) is 0 Å². The van der Waals surface area contributed by atoms with E-state index in [9.17, 15) is 0 Å². The van der Waals surface area contributed by atoms with Crippen molar-refractivity contribution in [3.63, 3.8) is 0 Å². The van der Waals surface area contributed by atoms with E-state index in [0.717, 1.165) is 11.0 Å². The van der Waals surface area contributed by atoms with Gasteiger partial charge in [0.05, 0.1) is 27.8 Å². The molecule has 0 unspecified atom stereocenters. The molecule has 0 spiro atoms. The van der Waals surface area contributed by atoms with Gasteiger partial charge in [0.25, 0.3) is 0 Å². The molecule has 0 saturated carbocycles. The highest BCUT2D eigenvalue weighted by molar-refractivity contribution is 6.27. The summed E-state index contributed by atoms with van der Waals surface area (Å²) >= 11 is 0. The van der Waals surface area contributed by atoms with Crippen LogP contribution in [-0.4, -0.2) is 14.1 Å². The predicted molar refractivity (Wildman–Crippen MR) is 164 cm³/mol. The zero-order valence-corrected chi connectivity index (χ0v) is 21.1. The molecule has 39 heavy (non-hydrogen) atoms. The number of para-hydroxylation sites is 4. The van der Waals surface area contributed by atoms with Crippen molar-refractivity contribution in [1.29, 1.82) is 0 Å². The Kier molecular flexibility index (Phi) is 4.05. The lowest BCUT2D eigenvalue weighted by molar-refractivity contribution is 1.18. The fourth-order valence-electron chi connectivity index (χ4n) is 6.68. The van der Waals surface area contributed by atoms with Crippen molar-refractivity contribution in [1.82, 2.24) is 14.1 Å². The molecule has 182 valence electrons. The van der Waals surface area contributed by atoms with Crippen LogP contribution in [0.25, 0.3) is 76.8 Å². The molecule has 9 aromatic rings. The van der Waals surface area contributed by atoms with Crippen LogP contribution in [0.4, 0.5) is 0 Å².